The van der Waals surface area contributed by atoms with Gasteiger partial charge in [0.15, 0.2) is 5.96 Å². The average Bonchev–Trinajstić information content (AvgIpc) is 3.16. The minimum atomic E-state index is -3.48. The quantitative estimate of drug-likeness (QED) is 0.0319. The largest absolute Gasteiger partial charge is 0.370 e. The number of nitrogens with two attached hydrogens (primary N) is 3. The van der Waals surface area contributed by atoms with Crippen molar-refractivity contribution < 1.29 is 42.0 Å². The Morgan fingerprint density at radius 1 is 0.683 bits per heavy atom. The van der Waals surface area contributed by atoms with Crippen LogP contribution in [0.4, 0.5) is 0 Å². The topological polar surface area (TPSA) is 307 Å². The molecule has 5 unspecified atom stereocenters. The number of rotatable bonds is 25. The molecule has 2 aromatic rings. The molecule has 0 saturated carbocycles. The third kappa shape index (κ3) is 19.6. The maximum Gasteiger partial charge on any atom is 0.245 e. The Labute approximate surface area is 351 Å². The second-order valence-corrected chi connectivity index (χ2v) is 17.3. The average molecular weight is 857 g/mol. The maximum atomic E-state index is 14.2. The molecule has 2 rings (SSSR count). The lowest BCUT2D eigenvalue weighted by Crippen LogP contribution is -2.58. The number of aliphatic imine (C=N–C) groups is 1. The second kappa shape index (κ2) is 24.8. The van der Waals surface area contributed by atoms with Crippen LogP contribution < -0.4 is 43.8 Å². The Morgan fingerprint density at radius 2 is 1.18 bits per heavy atom. The summed E-state index contributed by atoms with van der Waals surface area (Å²) in [6.07, 6.45) is 1.36. The van der Waals surface area contributed by atoms with Gasteiger partial charge in [0.1, 0.15) is 40.0 Å². The Bertz CT molecular complexity index is 1910. The number of guanidine groups is 1. The molecule has 19 nitrogen and oxygen atoms in total. The van der Waals surface area contributed by atoms with Crippen LogP contribution in [0.1, 0.15) is 57.6 Å². The van der Waals surface area contributed by atoms with Crippen molar-refractivity contribution in [3.05, 3.63) is 71.8 Å². The van der Waals surface area contributed by atoms with Gasteiger partial charge < -0.3 is 48.7 Å². The van der Waals surface area contributed by atoms with Gasteiger partial charge in [-0.05, 0) is 42.7 Å². The van der Waals surface area contributed by atoms with Gasteiger partial charge in [0.05, 0.1) is 12.3 Å². The van der Waals surface area contributed by atoms with E-state index in [0.717, 1.165) is 11.2 Å². The van der Waals surface area contributed by atoms with Gasteiger partial charge >= 0.3 is 0 Å². The number of nitrogens with zero attached hydrogens (tertiary/aromatic N) is 2. The van der Waals surface area contributed by atoms with Crippen LogP contribution >= 0.6 is 0 Å². The SMILES string of the molecule is CC(=O)NC(CCCN=C(N)N)C(=O)NC(Cc1ccccc1)C(=O)NC(Cc1ccccc1)C(=O)N(C)CC(=O)NC(CC(C)C)C(=O)NC(CCS(C)(=O)=O)C(N)=O. The standard InChI is InChI=1S/C40H60N10O9S/c1-25(2)21-31(37(55)47-29(35(41)53)18-20-60(5,58)59)46-34(52)24-50(4)39(57)33(23-28-15-10-7-11-16-28)49-38(56)32(22-27-13-8-6-9-14-27)48-36(54)30(45-26(3)51)17-12-19-44-40(42)43/h6-11,13-16,25,29-33H,12,17-24H2,1-5H3,(H2,41,53)(H,45,51)(H,46,52)(H,47,55)(H,48,54)(H,49,56)(H4,42,43,44). The van der Waals surface area contributed by atoms with E-state index in [-0.39, 0.29) is 50.5 Å². The van der Waals surface area contributed by atoms with Crippen LogP contribution in [0.15, 0.2) is 65.7 Å². The Balaban J connectivity index is 2.34. The van der Waals surface area contributed by atoms with Gasteiger partial charge in [0.2, 0.25) is 41.4 Å². The minimum Gasteiger partial charge on any atom is -0.370 e. The van der Waals surface area contributed by atoms with E-state index in [2.05, 4.69) is 31.6 Å². The Hall–Kier alpha value is -6.05. The van der Waals surface area contributed by atoms with E-state index < -0.39 is 93.7 Å². The van der Waals surface area contributed by atoms with Crippen molar-refractivity contribution in [2.75, 3.05) is 32.1 Å². The summed E-state index contributed by atoms with van der Waals surface area (Å²) in [6, 6.07) is 11.7. The van der Waals surface area contributed by atoms with Crippen molar-refractivity contribution in [2.24, 2.45) is 28.1 Å². The number of amides is 7. The van der Waals surface area contributed by atoms with Gasteiger partial charge in [-0.3, -0.25) is 38.6 Å². The molecule has 0 aliphatic heterocycles. The lowest BCUT2D eigenvalue weighted by atomic mass is 10.0. The van der Waals surface area contributed by atoms with Gasteiger partial charge in [0, 0.05) is 39.6 Å². The van der Waals surface area contributed by atoms with Crippen molar-refractivity contribution in [1.82, 2.24) is 31.5 Å². The maximum absolute atomic E-state index is 14.2. The molecule has 0 fully saturated rings. The number of nitrogens with one attached hydrogen (secondary N) is 5. The highest BCUT2D eigenvalue weighted by molar-refractivity contribution is 7.90. The van der Waals surface area contributed by atoms with Crippen molar-refractivity contribution in [1.29, 1.82) is 0 Å². The van der Waals surface area contributed by atoms with Crippen molar-refractivity contribution in [3.8, 4) is 0 Å². The van der Waals surface area contributed by atoms with E-state index in [9.17, 15) is 42.0 Å². The summed E-state index contributed by atoms with van der Waals surface area (Å²) in [5.41, 5.74) is 17.6. The molecule has 0 radical (unpaired) electrons. The van der Waals surface area contributed by atoms with E-state index in [1.165, 1.54) is 14.0 Å². The van der Waals surface area contributed by atoms with Gasteiger partial charge in [-0.1, -0.05) is 74.5 Å². The molecular weight excluding hydrogens is 797 g/mol. The first kappa shape index (κ1) is 50.1. The molecular formula is C40H60N10O9S. The van der Waals surface area contributed by atoms with Gasteiger partial charge in [-0.25, -0.2) is 8.42 Å². The first-order valence-corrected chi connectivity index (χ1v) is 21.5. The summed E-state index contributed by atoms with van der Waals surface area (Å²) in [5, 5.41) is 13.1. The van der Waals surface area contributed by atoms with E-state index in [1.54, 1.807) is 74.5 Å². The van der Waals surface area contributed by atoms with Crippen molar-refractivity contribution in [2.45, 2.75) is 89.5 Å². The minimum absolute atomic E-state index is 0.00303. The monoisotopic (exact) mass is 856 g/mol. The van der Waals surface area contributed by atoms with E-state index in [1.807, 2.05) is 0 Å². The van der Waals surface area contributed by atoms with E-state index >= 15 is 0 Å². The van der Waals surface area contributed by atoms with Crippen LogP contribution in [0.25, 0.3) is 0 Å². The highest BCUT2D eigenvalue weighted by Crippen LogP contribution is 2.11. The fraction of sp³-hybridized carbons (Fsp3) is 0.500. The molecule has 11 N–H and O–H groups in total. The smallest absolute Gasteiger partial charge is 0.245 e. The number of carbonyl (C=O) groups is 7. The summed E-state index contributed by atoms with van der Waals surface area (Å²) in [4.78, 5) is 97.6. The first-order valence-electron chi connectivity index (χ1n) is 19.5. The lowest BCUT2D eigenvalue weighted by molar-refractivity contribution is -0.139. The molecule has 330 valence electrons. The summed E-state index contributed by atoms with van der Waals surface area (Å²) in [5.74, 6) is -5.60. The number of carbonyl (C=O) groups excluding carboxylic acids is 7. The Morgan fingerprint density at radius 3 is 1.68 bits per heavy atom. The fourth-order valence-electron chi connectivity index (χ4n) is 6.06. The van der Waals surface area contributed by atoms with E-state index in [4.69, 9.17) is 17.2 Å². The number of hydrogen-bond donors (Lipinski definition) is 8. The number of primary amides is 1. The zero-order chi connectivity index (χ0) is 45.0. The van der Waals surface area contributed by atoms with Crippen LogP contribution in [0.5, 0.6) is 0 Å². The molecule has 0 aliphatic carbocycles. The molecule has 0 spiro atoms. The van der Waals surface area contributed by atoms with Crippen LogP contribution in [-0.4, -0.2) is 123 Å². The third-order valence-electron chi connectivity index (χ3n) is 9.01. The van der Waals surface area contributed by atoms with E-state index in [0.29, 0.717) is 17.5 Å². The molecule has 2 aromatic carbocycles. The van der Waals surface area contributed by atoms with Crippen molar-refractivity contribution >= 4 is 57.1 Å². The number of likely N-dealkylation sites (N-methyl/N-ethyl adjacent to an activating group) is 1. The summed E-state index contributed by atoms with van der Waals surface area (Å²) in [6.45, 7) is 4.51. The van der Waals surface area contributed by atoms with Gasteiger partial charge in [0.25, 0.3) is 0 Å². The van der Waals surface area contributed by atoms with Crippen molar-refractivity contribution in [3.63, 3.8) is 0 Å². The molecule has 20 heteroatoms. The van der Waals surface area contributed by atoms with Crippen LogP contribution in [0, 0.1) is 5.92 Å². The summed E-state index contributed by atoms with van der Waals surface area (Å²) < 4.78 is 23.4. The molecule has 0 saturated heterocycles. The predicted molar refractivity (Wildman–Crippen MR) is 226 cm³/mol. The Kier molecular flexibility index (Phi) is 20.7. The second-order valence-electron chi connectivity index (χ2n) is 15.0. The number of hydrogen-bond acceptors (Lipinski definition) is 10. The molecule has 5 atom stereocenters. The zero-order valence-electron chi connectivity index (χ0n) is 34.8. The summed E-state index contributed by atoms with van der Waals surface area (Å²) >= 11 is 0. The fourth-order valence-corrected chi connectivity index (χ4v) is 6.73. The van der Waals surface area contributed by atoms with Crippen LogP contribution in [-0.2, 0) is 56.2 Å². The number of benzene rings is 2. The van der Waals surface area contributed by atoms with Gasteiger partial charge in [-0.15, -0.1) is 0 Å². The zero-order valence-corrected chi connectivity index (χ0v) is 35.6. The van der Waals surface area contributed by atoms with Crippen LogP contribution in [0.2, 0.25) is 0 Å². The molecule has 0 aromatic heterocycles. The molecule has 60 heavy (non-hydrogen) atoms. The number of sulfone groups is 1. The van der Waals surface area contributed by atoms with Crippen LogP contribution in [0.3, 0.4) is 0 Å². The lowest BCUT2D eigenvalue weighted by Gasteiger charge is -2.28. The highest BCUT2D eigenvalue weighted by atomic mass is 32.2. The molecule has 0 heterocycles. The highest BCUT2D eigenvalue weighted by Gasteiger charge is 2.32. The van der Waals surface area contributed by atoms with Gasteiger partial charge in [-0.2, -0.15) is 0 Å². The molecule has 7 amide bonds. The normalized spacial score (nSPS) is 13.6. The first-order chi connectivity index (χ1) is 28.1. The molecule has 0 aliphatic rings. The predicted octanol–water partition coefficient (Wildman–Crippen LogP) is -1.61. The summed E-state index contributed by atoms with van der Waals surface area (Å²) in [7, 11) is -2.13. The molecule has 0 bridgehead atoms. The third-order valence-corrected chi connectivity index (χ3v) is 9.98.